The minimum absolute atomic E-state index is 0.0245. The van der Waals surface area contributed by atoms with E-state index in [1.807, 2.05) is 24.3 Å². The lowest BCUT2D eigenvalue weighted by Crippen LogP contribution is -2.53. The number of benzene rings is 1. The molecule has 5 rings (SSSR count). The quantitative estimate of drug-likeness (QED) is 0.880. The number of anilines is 1. The van der Waals surface area contributed by atoms with E-state index in [2.05, 4.69) is 0 Å². The highest BCUT2D eigenvalue weighted by atomic mass is 32.2. The number of fused-ring (bicyclic) bond motifs is 3. The van der Waals surface area contributed by atoms with Gasteiger partial charge in [0, 0.05) is 24.4 Å². The fraction of sp³-hybridized carbons (Fsp3) is 0.526. The van der Waals surface area contributed by atoms with Crippen molar-refractivity contribution in [3.63, 3.8) is 0 Å². The maximum absolute atomic E-state index is 13.5. The zero-order chi connectivity index (χ0) is 18.1. The smallest absolute Gasteiger partial charge is 0.308 e. The Hall–Kier alpha value is -2.02. The molecule has 3 atom stereocenters. The summed E-state index contributed by atoms with van der Waals surface area (Å²) in [6, 6.07) is 7.62. The first-order chi connectivity index (χ1) is 12.5. The number of carbonyl (C=O) groups is 3. The van der Waals surface area contributed by atoms with Crippen LogP contribution in [0.4, 0.5) is 5.69 Å². The van der Waals surface area contributed by atoms with Gasteiger partial charge >= 0.3 is 5.97 Å². The normalized spacial score (nSPS) is 32.7. The maximum Gasteiger partial charge on any atom is 0.308 e. The molecule has 1 aromatic carbocycles. The summed E-state index contributed by atoms with van der Waals surface area (Å²) in [5, 5.41) is 9.59. The Morgan fingerprint density at radius 3 is 2.69 bits per heavy atom. The molecule has 1 aliphatic carbocycles. The summed E-state index contributed by atoms with van der Waals surface area (Å²) >= 11 is 1.45. The number of likely N-dealkylation sites (tertiary alicyclic amines) is 1. The van der Waals surface area contributed by atoms with E-state index in [1.165, 1.54) is 11.8 Å². The standard InChI is InChI=1S/C19H20N2O4S/c22-16-7-8-19(21(16)14-3-1-2-4-15(14)26-19)18(25)20-9-12(11-5-6-11)13(10-20)17(23)24/h1-4,11-13H,5-10H2,(H,23,24)/t12-,13+,19?/m1/s1. The predicted octanol–water partition coefficient (Wildman–Crippen LogP) is 2.18. The van der Waals surface area contributed by atoms with Gasteiger partial charge in [0.05, 0.1) is 11.6 Å². The molecule has 6 nitrogen and oxygen atoms in total. The zero-order valence-electron chi connectivity index (χ0n) is 14.3. The third-order valence-electron chi connectivity index (χ3n) is 6.20. The predicted molar refractivity (Wildman–Crippen MR) is 95.7 cm³/mol. The molecule has 1 N–H and O–H groups in total. The Morgan fingerprint density at radius 2 is 1.96 bits per heavy atom. The van der Waals surface area contributed by atoms with Crippen LogP contribution in [0.1, 0.15) is 25.7 Å². The summed E-state index contributed by atoms with van der Waals surface area (Å²) in [5.41, 5.74) is 0.807. The van der Waals surface area contributed by atoms with E-state index in [4.69, 9.17) is 0 Å². The lowest BCUT2D eigenvalue weighted by molar-refractivity contribution is -0.143. The largest absolute Gasteiger partial charge is 0.481 e. The van der Waals surface area contributed by atoms with Crippen molar-refractivity contribution in [1.82, 2.24) is 4.90 Å². The number of rotatable bonds is 3. The summed E-state index contributed by atoms with van der Waals surface area (Å²) in [6.07, 6.45) is 2.96. The Bertz CT molecular complexity index is 824. The molecular formula is C19H20N2O4S. The monoisotopic (exact) mass is 372 g/mol. The van der Waals surface area contributed by atoms with Gasteiger partial charge in [0.15, 0.2) is 4.87 Å². The molecular weight excluding hydrogens is 352 g/mol. The van der Waals surface area contributed by atoms with Crippen LogP contribution in [0.5, 0.6) is 0 Å². The minimum atomic E-state index is -0.928. The molecule has 7 heteroatoms. The highest BCUT2D eigenvalue weighted by Crippen LogP contribution is 2.57. The van der Waals surface area contributed by atoms with Gasteiger partial charge < -0.3 is 10.0 Å². The molecule has 3 heterocycles. The zero-order valence-corrected chi connectivity index (χ0v) is 15.1. The molecule has 136 valence electrons. The van der Waals surface area contributed by atoms with Gasteiger partial charge in [0.25, 0.3) is 5.91 Å². The molecule has 4 aliphatic rings. The maximum atomic E-state index is 13.5. The van der Waals surface area contributed by atoms with E-state index in [-0.39, 0.29) is 24.3 Å². The summed E-state index contributed by atoms with van der Waals surface area (Å²) < 4.78 is 0. The molecule has 0 aromatic heterocycles. The average Bonchev–Trinajstić information content (AvgIpc) is 3.15. The van der Waals surface area contributed by atoms with Crippen molar-refractivity contribution >= 4 is 35.2 Å². The third-order valence-corrected chi connectivity index (χ3v) is 7.67. The number of thioether (sulfide) groups is 1. The number of hydrogen-bond donors (Lipinski definition) is 1. The van der Waals surface area contributed by atoms with Gasteiger partial charge in [-0.15, -0.1) is 0 Å². The SMILES string of the molecule is O=C(O)[C@H]1CN(C(=O)C23CCC(=O)N2c2ccccc2S3)C[C@@H]1C1CC1. The fourth-order valence-corrected chi connectivity index (χ4v) is 6.27. The first-order valence-electron chi connectivity index (χ1n) is 9.14. The van der Waals surface area contributed by atoms with Crippen molar-refractivity contribution < 1.29 is 19.5 Å². The van der Waals surface area contributed by atoms with Gasteiger partial charge in [0.2, 0.25) is 5.91 Å². The molecule has 0 bridgehead atoms. The fourth-order valence-electron chi connectivity index (χ4n) is 4.79. The van der Waals surface area contributed by atoms with E-state index in [0.29, 0.717) is 25.3 Å². The van der Waals surface area contributed by atoms with Gasteiger partial charge in [-0.1, -0.05) is 23.9 Å². The Kier molecular flexibility index (Phi) is 3.41. The van der Waals surface area contributed by atoms with E-state index < -0.39 is 16.8 Å². The molecule has 2 amide bonds. The van der Waals surface area contributed by atoms with Crippen LogP contribution in [0.25, 0.3) is 0 Å². The second-order valence-corrected chi connectivity index (χ2v) is 9.06. The van der Waals surface area contributed by atoms with E-state index in [1.54, 1.807) is 9.80 Å². The molecule has 26 heavy (non-hydrogen) atoms. The first kappa shape index (κ1) is 16.2. The van der Waals surface area contributed by atoms with Crippen molar-refractivity contribution in [2.24, 2.45) is 17.8 Å². The van der Waals surface area contributed by atoms with Crippen molar-refractivity contribution in [3.8, 4) is 0 Å². The molecule has 1 unspecified atom stereocenters. The van der Waals surface area contributed by atoms with Crippen LogP contribution in [-0.4, -0.2) is 45.8 Å². The van der Waals surface area contributed by atoms with Crippen molar-refractivity contribution in [2.45, 2.75) is 35.4 Å². The molecule has 2 saturated heterocycles. The average molecular weight is 372 g/mol. The van der Waals surface area contributed by atoms with E-state index in [9.17, 15) is 19.5 Å². The lowest BCUT2D eigenvalue weighted by atomic mass is 9.92. The second-order valence-electron chi connectivity index (χ2n) is 7.74. The van der Waals surface area contributed by atoms with Crippen molar-refractivity contribution in [3.05, 3.63) is 24.3 Å². The van der Waals surface area contributed by atoms with Gasteiger partial charge in [-0.05, 0) is 43.2 Å². The molecule has 0 spiro atoms. The molecule has 3 aliphatic heterocycles. The second kappa shape index (κ2) is 5.49. The van der Waals surface area contributed by atoms with Crippen LogP contribution in [0.2, 0.25) is 0 Å². The van der Waals surface area contributed by atoms with Crippen LogP contribution in [0.3, 0.4) is 0 Å². The number of carbonyl (C=O) groups excluding carboxylic acids is 2. The number of para-hydroxylation sites is 1. The Labute approximate surface area is 155 Å². The summed E-state index contributed by atoms with van der Waals surface area (Å²) in [7, 11) is 0. The van der Waals surface area contributed by atoms with Crippen molar-refractivity contribution in [2.75, 3.05) is 18.0 Å². The third kappa shape index (κ3) is 2.16. The number of carboxylic acids is 1. The number of amides is 2. The molecule has 0 radical (unpaired) electrons. The van der Waals surface area contributed by atoms with Crippen LogP contribution in [0, 0.1) is 17.8 Å². The molecule has 1 aromatic rings. The van der Waals surface area contributed by atoms with Crippen LogP contribution >= 0.6 is 11.8 Å². The van der Waals surface area contributed by atoms with Gasteiger partial charge in [-0.3, -0.25) is 19.3 Å². The Morgan fingerprint density at radius 1 is 1.19 bits per heavy atom. The molecule has 1 saturated carbocycles. The lowest BCUT2D eigenvalue weighted by Gasteiger charge is -2.33. The number of aliphatic carboxylic acids is 1. The topological polar surface area (TPSA) is 77.9 Å². The van der Waals surface area contributed by atoms with E-state index in [0.717, 1.165) is 23.4 Å². The summed E-state index contributed by atoms with van der Waals surface area (Å²) in [4.78, 5) is 41.2. The van der Waals surface area contributed by atoms with Gasteiger partial charge in [-0.25, -0.2) is 0 Å². The molecule has 3 fully saturated rings. The van der Waals surface area contributed by atoms with Crippen LogP contribution < -0.4 is 4.90 Å². The Balaban J connectivity index is 1.47. The first-order valence-corrected chi connectivity index (χ1v) is 9.96. The van der Waals surface area contributed by atoms with Gasteiger partial charge in [-0.2, -0.15) is 0 Å². The number of carboxylic acid groups (broad SMARTS) is 1. The minimum Gasteiger partial charge on any atom is -0.481 e. The van der Waals surface area contributed by atoms with Crippen LogP contribution in [0.15, 0.2) is 29.2 Å². The summed E-state index contributed by atoms with van der Waals surface area (Å²) in [6.45, 7) is 0.761. The highest BCUT2D eigenvalue weighted by molar-refractivity contribution is 8.02. The summed E-state index contributed by atoms with van der Waals surface area (Å²) in [5.74, 6) is -0.936. The van der Waals surface area contributed by atoms with Crippen LogP contribution in [-0.2, 0) is 14.4 Å². The van der Waals surface area contributed by atoms with Crippen molar-refractivity contribution in [1.29, 1.82) is 0 Å². The van der Waals surface area contributed by atoms with E-state index >= 15 is 0 Å². The highest BCUT2D eigenvalue weighted by Gasteiger charge is 2.60. The number of hydrogen-bond acceptors (Lipinski definition) is 4. The number of nitrogens with zero attached hydrogens (tertiary/aromatic N) is 2. The van der Waals surface area contributed by atoms with Gasteiger partial charge in [0.1, 0.15) is 0 Å².